The van der Waals surface area contributed by atoms with Gasteiger partial charge in [0, 0.05) is 32.8 Å². The summed E-state index contributed by atoms with van der Waals surface area (Å²) in [4.78, 5) is 4.86. The topological polar surface area (TPSA) is 26.6 Å². The maximum absolute atomic E-state index is 9.14. The number of para-hydroxylation sites is 2. The molecule has 1 unspecified atom stereocenters. The number of nitrogens with zero attached hydrogens (tertiary/aromatic N) is 4. The van der Waals surface area contributed by atoms with E-state index >= 15 is 0 Å². The molecule has 0 saturated heterocycles. The van der Waals surface area contributed by atoms with Crippen LogP contribution in [0.15, 0.2) is 200 Å². The number of pyridine rings is 1. The molecule has 0 aliphatic heterocycles. The molecule has 0 fully saturated rings. The van der Waals surface area contributed by atoms with Crippen LogP contribution in [0.4, 0.5) is 0 Å². The average Bonchev–Trinajstić information content (AvgIpc) is 3.95. The predicted molar refractivity (Wildman–Crippen MR) is 262 cm³/mol. The Labute approximate surface area is 404 Å². The Balaban J connectivity index is 0.00000626. The van der Waals surface area contributed by atoms with Crippen molar-refractivity contribution in [3.8, 4) is 50.6 Å². The average molecular weight is 1030 g/mol. The Bertz CT molecular complexity index is 3930. The van der Waals surface area contributed by atoms with Crippen LogP contribution < -0.4 is 15.2 Å². The van der Waals surface area contributed by atoms with Gasteiger partial charge in [0.05, 0.1) is 30.4 Å². The first kappa shape index (κ1) is 31.2. The Morgan fingerprint density at radius 2 is 1.28 bits per heavy atom. The van der Waals surface area contributed by atoms with Crippen molar-refractivity contribution in [2.75, 3.05) is 0 Å². The Kier molecular flexibility index (Phi) is 8.34. The first-order valence-corrected chi connectivity index (χ1v) is 21.6. The molecule has 11 aromatic rings. The van der Waals surface area contributed by atoms with Crippen LogP contribution in [0.1, 0.15) is 40.0 Å². The van der Waals surface area contributed by atoms with Crippen LogP contribution in [0, 0.1) is 18.5 Å². The van der Waals surface area contributed by atoms with E-state index in [0.717, 1.165) is 49.4 Å². The minimum Gasteiger partial charge on any atom is -0.319 e. The summed E-state index contributed by atoms with van der Waals surface area (Å²) in [6.07, 6.45) is 5.39. The predicted octanol–water partition coefficient (Wildman–Crippen LogP) is 12.7. The first-order valence-electron chi connectivity index (χ1n) is 25.6. The van der Waals surface area contributed by atoms with E-state index < -0.39 is 60.4 Å². The monoisotopic (exact) mass is 1030 g/mol. The fourth-order valence-corrected chi connectivity index (χ4v) is 9.24. The fraction of sp³-hybridized carbons (Fsp3) is 0.0690. The number of imidazole rings is 1. The third kappa shape index (κ3) is 7.62. The van der Waals surface area contributed by atoms with E-state index in [1.54, 1.807) is 22.8 Å². The molecule has 3 aromatic heterocycles. The Morgan fingerprint density at radius 3 is 2.02 bits per heavy atom. The first-order chi connectivity index (χ1) is 35.0. The maximum Gasteiger partial charge on any atom is 0.268 e. The van der Waals surface area contributed by atoms with E-state index in [9.17, 15) is 0 Å². The van der Waals surface area contributed by atoms with Crippen molar-refractivity contribution in [2.45, 2.75) is 26.2 Å². The standard InChI is InChI=1S/C58H43N4P.Pt/c1-58(2,3)44-33-34-59-56(36-44)62-52-28-14-13-25-50(52)51-31-30-47(38-54(51)62)63-46-24-15-23-45(37-46)60-39-61(55-35-43(29-32-53(55)60)40-17-7-4-8-18-40)57-48(41-19-9-5-10-20-41)26-16-27-49(57)42-21-11-6-12-22-42;/h4-36,63H,1-3H3;/q-2;/i5D,6D,9D,10D,11D,12D,19D,20D,21D,22D;. The van der Waals surface area contributed by atoms with Crippen molar-refractivity contribution in [3.63, 3.8) is 0 Å². The molecule has 3 heterocycles. The fourth-order valence-electron chi connectivity index (χ4n) is 8.24. The molecular formula is C58H43N4PPt-2. The molecule has 64 heavy (non-hydrogen) atoms. The number of fused-ring (bicyclic) bond motifs is 4. The second-order valence-corrected chi connectivity index (χ2v) is 17.6. The minimum atomic E-state index is -0.565. The molecule has 11 rings (SSSR count). The van der Waals surface area contributed by atoms with E-state index in [-0.39, 0.29) is 63.0 Å². The summed E-state index contributed by atoms with van der Waals surface area (Å²) in [5.74, 6) is 0.811. The summed E-state index contributed by atoms with van der Waals surface area (Å²) < 4.78 is 93.8. The summed E-state index contributed by atoms with van der Waals surface area (Å²) in [5.41, 5.74) is 6.86. The third-order valence-corrected chi connectivity index (χ3v) is 12.4. The molecule has 1 atom stereocenters. The van der Waals surface area contributed by atoms with E-state index in [4.69, 9.17) is 18.7 Å². The number of hydrogen-bond acceptors (Lipinski definition) is 1. The summed E-state index contributed by atoms with van der Waals surface area (Å²) in [7, 11) is 0.128. The molecule has 0 saturated carbocycles. The third-order valence-electron chi connectivity index (χ3n) is 11.3. The van der Waals surface area contributed by atoms with Crippen LogP contribution in [-0.4, -0.2) is 14.1 Å². The quantitative estimate of drug-likeness (QED) is 0.0846. The van der Waals surface area contributed by atoms with E-state index in [0.29, 0.717) is 16.7 Å². The number of rotatable bonds is 8. The van der Waals surface area contributed by atoms with Gasteiger partial charge < -0.3 is 9.13 Å². The second kappa shape index (κ2) is 17.1. The number of hydrogen-bond donors (Lipinski definition) is 0. The van der Waals surface area contributed by atoms with Crippen LogP contribution in [-0.2, 0) is 26.5 Å². The molecule has 0 spiro atoms. The molecule has 0 amide bonds. The Hall–Kier alpha value is -6.70. The van der Waals surface area contributed by atoms with Crippen LogP contribution in [0.25, 0.3) is 83.4 Å². The molecule has 0 N–H and O–H groups in total. The largest absolute Gasteiger partial charge is 0.319 e. The van der Waals surface area contributed by atoms with Gasteiger partial charge in [0.15, 0.2) is 0 Å². The molecule has 0 radical (unpaired) electrons. The number of aromatic nitrogens is 4. The van der Waals surface area contributed by atoms with Gasteiger partial charge in [-0.25, -0.2) is 4.98 Å². The van der Waals surface area contributed by atoms with Crippen molar-refractivity contribution in [2.24, 2.45) is 0 Å². The maximum atomic E-state index is 9.14. The smallest absolute Gasteiger partial charge is 0.268 e. The minimum absolute atomic E-state index is 0. The molecule has 8 aromatic carbocycles. The van der Waals surface area contributed by atoms with Crippen molar-refractivity contribution in [1.29, 1.82) is 0 Å². The van der Waals surface area contributed by atoms with Crippen LogP contribution in [0.5, 0.6) is 0 Å². The number of benzene rings is 8. The van der Waals surface area contributed by atoms with Gasteiger partial charge in [-0.05, 0) is 79.7 Å². The molecule has 6 heteroatoms. The Morgan fingerprint density at radius 1 is 0.594 bits per heavy atom. The zero-order valence-corrected chi connectivity index (χ0v) is 38.2. The van der Waals surface area contributed by atoms with Gasteiger partial charge in [-0.2, -0.15) is 36.4 Å². The molecule has 0 bridgehead atoms. The van der Waals surface area contributed by atoms with Gasteiger partial charge in [0.1, 0.15) is 5.82 Å². The molecule has 0 aliphatic carbocycles. The van der Waals surface area contributed by atoms with Crippen LogP contribution in [0.2, 0.25) is 0 Å². The second-order valence-electron chi connectivity index (χ2n) is 16.3. The van der Waals surface area contributed by atoms with Crippen molar-refractivity contribution in [3.05, 3.63) is 224 Å². The van der Waals surface area contributed by atoms with E-state index in [2.05, 4.69) is 80.2 Å². The van der Waals surface area contributed by atoms with Gasteiger partial charge in [0.2, 0.25) is 0 Å². The van der Waals surface area contributed by atoms with Gasteiger partial charge in [0.25, 0.3) is 6.33 Å². The van der Waals surface area contributed by atoms with Crippen molar-refractivity contribution in [1.82, 2.24) is 14.1 Å². The van der Waals surface area contributed by atoms with Gasteiger partial charge >= 0.3 is 0 Å². The molecule has 0 aliphatic rings. The zero-order chi connectivity index (χ0) is 51.2. The molecule has 4 nitrogen and oxygen atoms in total. The molecular weight excluding hydrogens is 979 g/mol. The summed E-state index contributed by atoms with van der Waals surface area (Å²) in [6, 6.07) is 45.4. The van der Waals surface area contributed by atoms with E-state index in [1.165, 1.54) is 5.56 Å². The zero-order valence-electron chi connectivity index (χ0n) is 44.9. The van der Waals surface area contributed by atoms with Crippen molar-refractivity contribution < 1.29 is 39.3 Å². The summed E-state index contributed by atoms with van der Waals surface area (Å²) in [5, 5.41) is 3.99. The van der Waals surface area contributed by atoms with Gasteiger partial charge in [-0.15, -0.1) is 30.6 Å². The van der Waals surface area contributed by atoms with Crippen molar-refractivity contribution >= 4 is 52.0 Å². The molecule has 312 valence electrons. The van der Waals surface area contributed by atoms with Gasteiger partial charge in [-0.1, -0.05) is 166 Å². The normalized spacial score (nSPS) is 14.0. The van der Waals surface area contributed by atoms with E-state index in [1.807, 2.05) is 89.6 Å². The summed E-state index contributed by atoms with van der Waals surface area (Å²) >= 11 is 0. The van der Waals surface area contributed by atoms with Crippen LogP contribution >= 0.6 is 8.58 Å². The SMILES string of the molecule is [2H]c1c([2H])c([2H])c(-c2cccc(-c3c([2H])c([2H])c([2H])c([2H])c3[2H])c2-[n+]2[c-]n(-c3[c-]c(Pc4[c-]c5c(cc4)c4ccccc4n5-c4cc(C(C)(C)C)ccn4)ccc3)c3ccc(-c4ccccc4)cc32)c([2H])c1[2H].[Pt]. The summed E-state index contributed by atoms with van der Waals surface area (Å²) in [6.45, 7) is 6.57. The van der Waals surface area contributed by atoms with Crippen LogP contribution in [0.3, 0.4) is 0 Å². The van der Waals surface area contributed by atoms with Gasteiger partial charge in [-0.3, -0.25) is 4.57 Å².